The molecule has 0 bridgehead atoms. The lowest BCUT2D eigenvalue weighted by molar-refractivity contribution is 0.252. The van der Waals surface area contributed by atoms with Crippen molar-refractivity contribution in [2.75, 3.05) is 16.8 Å². The standard InChI is InChI=1S/C16H17N5O/c22-16(19-14-7-9-17-10-8-14)20-18-12-21-11-3-5-13-4-1-2-6-15(13)21/h1-2,4,6-10,12H,3,5,11H2,(H2,17,19,20,22)/b18-12-. The zero-order valence-electron chi connectivity index (χ0n) is 12.1. The van der Waals surface area contributed by atoms with Gasteiger partial charge in [0.05, 0.1) is 0 Å². The zero-order valence-corrected chi connectivity index (χ0v) is 12.1. The second kappa shape index (κ2) is 6.71. The number of aryl methyl sites for hydroxylation is 1. The van der Waals surface area contributed by atoms with Gasteiger partial charge in [-0.3, -0.25) is 4.98 Å². The van der Waals surface area contributed by atoms with Crippen LogP contribution in [-0.4, -0.2) is 23.9 Å². The number of benzene rings is 1. The average Bonchev–Trinajstić information content (AvgIpc) is 2.56. The van der Waals surface area contributed by atoms with Gasteiger partial charge in [0.2, 0.25) is 0 Å². The van der Waals surface area contributed by atoms with Crippen LogP contribution in [-0.2, 0) is 6.42 Å². The molecule has 0 fully saturated rings. The number of anilines is 2. The van der Waals surface area contributed by atoms with Crippen LogP contribution < -0.4 is 15.6 Å². The van der Waals surface area contributed by atoms with Gasteiger partial charge in [-0.1, -0.05) is 18.2 Å². The molecule has 1 aliphatic rings. The normalized spacial score (nSPS) is 13.7. The highest BCUT2D eigenvalue weighted by molar-refractivity contribution is 5.90. The minimum absolute atomic E-state index is 0.382. The lowest BCUT2D eigenvalue weighted by atomic mass is 10.0. The van der Waals surface area contributed by atoms with Gasteiger partial charge in [0, 0.05) is 30.3 Å². The summed E-state index contributed by atoms with van der Waals surface area (Å²) in [6.45, 7) is 0.897. The average molecular weight is 295 g/mol. The van der Waals surface area contributed by atoms with Crippen molar-refractivity contribution >= 4 is 23.7 Å². The maximum absolute atomic E-state index is 11.7. The molecule has 0 aliphatic carbocycles. The topological polar surface area (TPSA) is 69.6 Å². The molecule has 2 amide bonds. The van der Waals surface area contributed by atoms with E-state index in [4.69, 9.17) is 0 Å². The molecule has 0 atom stereocenters. The molecule has 0 saturated heterocycles. The minimum Gasteiger partial charge on any atom is -0.331 e. The van der Waals surface area contributed by atoms with Crippen molar-refractivity contribution in [3.05, 3.63) is 54.4 Å². The molecule has 1 aromatic carbocycles. The third-order valence-electron chi connectivity index (χ3n) is 3.45. The fourth-order valence-corrected chi connectivity index (χ4v) is 2.43. The Kier molecular flexibility index (Phi) is 4.29. The van der Waals surface area contributed by atoms with Crippen LogP contribution in [0.3, 0.4) is 0 Å². The third kappa shape index (κ3) is 3.41. The van der Waals surface area contributed by atoms with E-state index in [2.05, 4.69) is 33.0 Å². The van der Waals surface area contributed by atoms with E-state index in [1.165, 1.54) is 5.56 Å². The first-order chi connectivity index (χ1) is 10.8. The van der Waals surface area contributed by atoms with Crippen molar-refractivity contribution in [3.63, 3.8) is 0 Å². The summed E-state index contributed by atoms with van der Waals surface area (Å²) in [6, 6.07) is 11.3. The van der Waals surface area contributed by atoms with Crippen LogP contribution in [0.2, 0.25) is 0 Å². The molecule has 2 heterocycles. The van der Waals surface area contributed by atoms with E-state index < -0.39 is 0 Å². The number of fused-ring (bicyclic) bond motifs is 1. The Balaban J connectivity index is 1.58. The van der Waals surface area contributed by atoms with Crippen molar-refractivity contribution in [2.45, 2.75) is 12.8 Å². The fraction of sp³-hybridized carbons (Fsp3) is 0.188. The fourth-order valence-electron chi connectivity index (χ4n) is 2.43. The van der Waals surface area contributed by atoms with Crippen molar-refractivity contribution in [1.82, 2.24) is 10.4 Å². The molecule has 1 aromatic heterocycles. The number of carbonyl (C=O) groups excluding carboxylic acids is 1. The van der Waals surface area contributed by atoms with E-state index in [-0.39, 0.29) is 6.03 Å². The van der Waals surface area contributed by atoms with Crippen LogP contribution in [0.25, 0.3) is 0 Å². The number of urea groups is 1. The molecule has 6 heteroatoms. The van der Waals surface area contributed by atoms with E-state index in [0.29, 0.717) is 5.69 Å². The molecule has 0 radical (unpaired) electrons. The highest BCUT2D eigenvalue weighted by atomic mass is 16.2. The number of nitrogens with one attached hydrogen (secondary N) is 2. The van der Waals surface area contributed by atoms with Gasteiger partial charge in [0.1, 0.15) is 6.34 Å². The van der Waals surface area contributed by atoms with E-state index >= 15 is 0 Å². The number of carbonyl (C=O) groups is 1. The summed E-state index contributed by atoms with van der Waals surface area (Å²) in [4.78, 5) is 17.7. The Morgan fingerprint density at radius 1 is 1.23 bits per heavy atom. The molecule has 0 unspecified atom stereocenters. The first-order valence-electron chi connectivity index (χ1n) is 7.18. The monoisotopic (exact) mass is 295 g/mol. The van der Waals surface area contributed by atoms with E-state index in [9.17, 15) is 4.79 Å². The lowest BCUT2D eigenvalue weighted by Gasteiger charge is -2.27. The molecule has 1 aliphatic heterocycles. The van der Waals surface area contributed by atoms with Crippen LogP contribution in [0.4, 0.5) is 16.2 Å². The Hall–Kier alpha value is -2.89. The predicted octanol–water partition coefficient (Wildman–Crippen LogP) is 2.60. The molecule has 2 aromatic rings. The van der Waals surface area contributed by atoms with Gasteiger partial charge in [-0.25, -0.2) is 10.2 Å². The van der Waals surface area contributed by atoms with E-state index in [0.717, 1.165) is 25.1 Å². The number of rotatable bonds is 3. The van der Waals surface area contributed by atoms with Crippen LogP contribution >= 0.6 is 0 Å². The number of amides is 2. The highest BCUT2D eigenvalue weighted by Gasteiger charge is 2.14. The van der Waals surface area contributed by atoms with Gasteiger partial charge >= 0.3 is 6.03 Å². The van der Waals surface area contributed by atoms with Gasteiger partial charge in [-0.05, 0) is 36.6 Å². The minimum atomic E-state index is -0.382. The summed E-state index contributed by atoms with van der Waals surface area (Å²) < 4.78 is 0. The van der Waals surface area contributed by atoms with Gasteiger partial charge < -0.3 is 10.2 Å². The molecule has 6 nitrogen and oxygen atoms in total. The Labute approximate surface area is 128 Å². The van der Waals surface area contributed by atoms with Gasteiger partial charge in [-0.15, -0.1) is 0 Å². The van der Waals surface area contributed by atoms with Crippen molar-refractivity contribution in [2.24, 2.45) is 5.10 Å². The zero-order chi connectivity index (χ0) is 15.2. The third-order valence-corrected chi connectivity index (χ3v) is 3.45. The molecular weight excluding hydrogens is 278 g/mol. The number of nitrogens with zero attached hydrogens (tertiary/aromatic N) is 3. The summed E-state index contributed by atoms with van der Waals surface area (Å²) in [6.07, 6.45) is 7.04. The van der Waals surface area contributed by atoms with Gasteiger partial charge in [-0.2, -0.15) is 5.10 Å². The molecule has 3 rings (SSSR count). The van der Waals surface area contributed by atoms with E-state index in [1.54, 1.807) is 30.9 Å². The van der Waals surface area contributed by atoms with Crippen LogP contribution in [0, 0.1) is 0 Å². The second-order valence-corrected chi connectivity index (χ2v) is 4.97. The van der Waals surface area contributed by atoms with Crippen LogP contribution in [0.5, 0.6) is 0 Å². The Morgan fingerprint density at radius 3 is 2.91 bits per heavy atom. The maximum atomic E-state index is 11.7. The summed E-state index contributed by atoms with van der Waals surface area (Å²) in [5.41, 5.74) is 5.59. The number of pyridine rings is 1. The molecular formula is C16H17N5O. The quantitative estimate of drug-likeness (QED) is 0.519. The lowest BCUT2D eigenvalue weighted by Crippen LogP contribution is -2.30. The Bertz CT molecular complexity index is 671. The number of hydrogen-bond acceptors (Lipinski definition) is 3. The van der Waals surface area contributed by atoms with Crippen molar-refractivity contribution in [3.8, 4) is 0 Å². The van der Waals surface area contributed by atoms with Crippen LogP contribution in [0.15, 0.2) is 53.9 Å². The summed E-state index contributed by atoms with van der Waals surface area (Å²) in [5, 5.41) is 6.69. The van der Waals surface area contributed by atoms with E-state index in [1.807, 2.05) is 17.0 Å². The molecule has 0 spiro atoms. The van der Waals surface area contributed by atoms with Crippen molar-refractivity contribution < 1.29 is 4.79 Å². The second-order valence-electron chi connectivity index (χ2n) is 4.97. The largest absolute Gasteiger partial charge is 0.339 e. The van der Waals surface area contributed by atoms with Crippen molar-refractivity contribution in [1.29, 1.82) is 0 Å². The SMILES string of the molecule is O=C(N/N=C\N1CCCc2ccccc21)Nc1ccncc1. The Morgan fingerprint density at radius 2 is 2.05 bits per heavy atom. The number of hydrogen-bond donors (Lipinski definition) is 2. The maximum Gasteiger partial charge on any atom is 0.339 e. The van der Waals surface area contributed by atoms with Gasteiger partial charge in [0.25, 0.3) is 0 Å². The predicted molar refractivity (Wildman–Crippen MR) is 87.0 cm³/mol. The molecule has 22 heavy (non-hydrogen) atoms. The first kappa shape index (κ1) is 14.1. The van der Waals surface area contributed by atoms with Crippen LogP contribution in [0.1, 0.15) is 12.0 Å². The first-order valence-corrected chi connectivity index (χ1v) is 7.18. The van der Waals surface area contributed by atoms with Gasteiger partial charge in [0.15, 0.2) is 0 Å². The number of aromatic nitrogens is 1. The molecule has 2 N–H and O–H groups in total. The molecule has 112 valence electrons. The summed E-state index contributed by atoms with van der Waals surface area (Å²) in [7, 11) is 0. The number of para-hydroxylation sites is 1. The summed E-state index contributed by atoms with van der Waals surface area (Å²) >= 11 is 0. The number of hydrazone groups is 1. The highest BCUT2D eigenvalue weighted by Crippen LogP contribution is 2.25. The summed E-state index contributed by atoms with van der Waals surface area (Å²) in [5.74, 6) is 0. The molecule has 0 saturated carbocycles. The smallest absolute Gasteiger partial charge is 0.331 e.